The minimum Gasteiger partial charge on any atom is -0.381 e. The van der Waals surface area contributed by atoms with Crippen LogP contribution in [-0.4, -0.2) is 0 Å². The van der Waals surface area contributed by atoms with Gasteiger partial charge in [-0.05, 0) is 41.0 Å². The predicted octanol–water partition coefficient (Wildman–Crippen LogP) is 5.52. The van der Waals surface area contributed by atoms with Gasteiger partial charge in [-0.15, -0.1) is 0 Å². The normalized spacial score (nSPS) is 10.7. The minimum atomic E-state index is 0.832. The second kappa shape index (κ2) is 5.68. The van der Waals surface area contributed by atoms with E-state index in [2.05, 4.69) is 88.8 Å². The number of halogens is 1. The topological polar surface area (TPSA) is 12.0 Å². The molecule has 100 valence electrons. The molecule has 0 aliphatic carbocycles. The van der Waals surface area contributed by atoms with Crippen LogP contribution in [0.1, 0.15) is 11.1 Å². The van der Waals surface area contributed by atoms with Crippen molar-refractivity contribution in [2.45, 2.75) is 13.5 Å². The van der Waals surface area contributed by atoms with Crippen molar-refractivity contribution in [1.29, 1.82) is 0 Å². The molecule has 0 unspecified atom stereocenters. The Hall–Kier alpha value is -1.80. The third kappa shape index (κ3) is 2.70. The molecular weight excluding hydrogens is 310 g/mol. The molecule has 0 fully saturated rings. The number of aryl methyl sites for hydroxylation is 1. The SMILES string of the molecule is Cc1ccc(Br)cc1NCc1cccc2ccccc12. The minimum absolute atomic E-state index is 0.832. The van der Waals surface area contributed by atoms with Gasteiger partial charge in [0.05, 0.1) is 0 Å². The van der Waals surface area contributed by atoms with Gasteiger partial charge in [0.25, 0.3) is 0 Å². The summed E-state index contributed by atoms with van der Waals surface area (Å²) < 4.78 is 1.10. The summed E-state index contributed by atoms with van der Waals surface area (Å²) in [4.78, 5) is 0. The van der Waals surface area contributed by atoms with Crippen LogP contribution < -0.4 is 5.32 Å². The molecule has 3 aromatic carbocycles. The number of hydrogen-bond donors (Lipinski definition) is 1. The van der Waals surface area contributed by atoms with Crippen molar-refractivity contribution < 1.29 is 0 Å². The number of rotatable bonds is 3. The first-order chi connectivity index (χ1) is 9.74. The van der Waals surface area contributed by atoms with Crippen LogP contribution in [0.2, 0.25) is 0 Å². The molecule has 0 heterocycles. The molecule has 3 rings (SSSR count). The molecule has 0 bridgehead atoms. The molecular formula is C18H16BrN. The quantitative estimate of drug-likeness (QED) is 0.668. The number of fused-ring (bicyclic) bond motifs is 1. The Bertz CT molecular complexity index is 744. The second-order valence-electron chi connectivity index (χ2n) is 4.95. The molecule has 0 aliphatic heterocycles. The van der Waals surface area contributed by atoms with Crippen molar-refractivity contribution in [3.8, 4) is 0 Å². The molecule has 0 saturated carbocycles. The fourth-order valence-corrected chi connectivity index (χ4v) is 2.78. The highest BCUT2D eigenvalue weighted by Crippen LogP contribution is 2.23. The molecule has 2 heteroatoms. The Kier molecular flexibility index (Phi) is 3.75. The summed E-state index contributed by atoms with van der Waals surface area (Å²) in [5.41, 5.74) is 3.75. The standard InChI is InChI=1S/C18H16BrN/c1-13-9-10-16(19)11-18(13)20-12-15-7-4-6-14-5-2-3-8-17(14)15/h2-11,20H,12H2,1H3. The van der Waals surface area contributed by atoms with Crippen LogP contribution in [0.5, 0.6) is 0 Å². The maximum absolute atomic E-state index is 3.53. The second-order valence-corrected chi connectivity index (χ2v) is 5.87. The largest absolute Gasteiger partial charge is 0.381 e. The summed E-state index contributed by atoms with van der Waals surface area (Å²) in [6.45, 7) is 2.95. The third-order valence-electron chi connectivity index (χ3n) is 3.55. The van der Waals surface area contributed by atoms with Gasteiger partial charge in [-0.3, -0.25) is 0 Å². The lowest BCUT2D eigenvalue weighted by Crippen LogP contribution is -2.01. The number of hydrogen-bond acceptors (Lipinski definition) is 1. The van der Waals surface area contributed by atoms with E-state index in [0.29, 0.717) is 0 Å². The fourth-order valence-electron chi connectivity index (χ4n) is 2.42. The van der Waals surface area contributed by atoms with Gasteiger partial charge in [-0.2, -0.15) is 0 Å². The Morgan fingerprint density at radius 3 is 2.65 bits per heavy atom. The lowest BCUT2D eigenvalue weighted by atomic mass is 10.0. The zero-order valence-electron chi connectivity index (χ0n) is 11.4. The first kappa shape index (κ1) is 13.2. The molecule has 1 nitrogen and oxygen atoms in total. The summed E-state index contributed by atoms with van der Waals surface area (Å²) in [7, 11) is 0. The summed E-state index contributed by atoms with van der Waals surface area (Å²) in [5.74, 6) is 0. The molecule has 0 saturated heterocycles. The first-order valence-electron chi connectivity index (χ1n) is 6.71. The van der Waals surface area contributed by atoms with Crippen LogP contribution in [0.3, 0.4) is 0 Å². The molecule has 20 heavy (non-hydrogen) atoms. The van der Waals surface area contributed by atoms with E-state index in [4.69, 9.17) is 0 Å². The monoisotopic (exact) mass is 325 g/mol. The smallest absolute Gasteiger partial charge is 0.0407 e. The van der Waals surface area contributed by atoms with Gasteiger partial charge in [0.15, 0.2) is 0 Å². The van der Waals surface area contributed by atoms with Gasteiger partial charge < -0.3 is 5.32 Å². The van der Waals surface area contributed by atoms with Gasteiger partial charge in [0, 0.05) is 16.7 Å². The number of nitrogens with one attached hydrogen (secondary N) is 1. The third-order valence-corrected chi connectivity index (χ3v) is 4.04. The Morgan fingerprint density at radius 2 is 1.75 bits per heavy atom. The van der Waals surface area contributed by atoms with Gasteiger partial charge >= 0.3 is 0 Å². The summed E-state index contributed by atoms with van der Waals surface area (Å²) in [5, 5.41) is 6.14. The number of anilines is 1. The van der Waals surface area contributed by atoms with E-state index in [0.717, 1.165) is 11.0 Å². The van der Waals surface area contributed by atoms with Crippen LogP contribution in [0, 0.1) is 6.92 Å². The maximum Gasteiger partial charge on any atom is 0.0407 e. The first-order valence-corrected chi connectivity index (χ1v) is 7.50. The highest BCUT2D eigenvalue weighted by atomic mass is 79.9. The van der Waals surface area contributed by atoms with Crippen molar-refractivity contribution in [2.24, 2.45) is 0 Å². The lowest BCUT2D eigenvalue weighted by molar-refractivity contribution is 1.16. The van der Waals surface area contributed by atoms with Crippen molar-refractivity contribution >= 4 is 32.4 Å². The zero-order chi connectivity index (χ0) is 13.9. The molecule has 0 amide bonds. The van der Waals surface area contributed by atoms with Gasteiger partial charge in [-0.1, -0.05) is 64.5 Å². The van der Waals surface area contributed by atoms with E-state index in [1.165, 1.54) is 27.6 Å². The summed E-state index contributed by atoms with van der Waals surface area (Å²) in [6, 6.07) is 21.3. The van der Waals surface area contributed by atoms with Crippen molar-refractivity contribution in [3.63, 3.8) is 0 Å². The van der Waals surface area contributed by atoms with E-state index in [9.17, 15) is 0 Å². The average molecular weight is 326 g/mol. The van der Waals surface area contributed by atoms with Crippen molar-refractivity contribution in [2.75, 3.05) is 5.32 Å². The maximum atomic E-state index is 3.53. The fraction of sp³-hybridized carbons (Fsp3) is 0.111. The van der Waals surface area contributed by atoms with Crippen LogP contribution in [0.25, 0.3) is 10.8 Å². The van der Waals surface area contributed by atoms with E-state index in [1.807, 2.05) is 0 Å². The van der Waals surface area contributed by atoms with E-state index in [1.54, 1.807) is 0 Å². The zero-order valence-corrected chi connectivity index (χ0v) is 12.9. The summed E-state index contributed by atoms with van der Waals surface area (Å²) >= 11 is 3.52. The van der Waals surface area contributed by atoms with Crippen LogP contribution in [0.15, 0.2) is 65.1 Å². The average Bonchev–Trinajstić information content (AvgIpc) is 2.48. The summed E-state index contributed by atoms with van der Waals surface area (Å²) in [6.07, 6.45) is 0. The Balaban J connectivity index is 1.89. The highest BCUT2D eigenvalue weighted by molar-refractivity contribution is 9.10. The van der Waals surface area contributed by atoms with Gasteiger partial charge in [0.2, 0.25) is 0 Å². The van der Waals surface area contributed by atoms with Crippen LogP contribution in [0.4, 0.5) is 5.69 Å². The molecule has 0 radical (unpaired) electrons. The molecule has 0 aromatic heterocycles. The van der Waals surface area contributed by atoms with Gasteiger partial charge in [0.1, 0.15) is 0 Å². The predicted molar refractivity (Wildman–Crippen MR) is 90.2 cm³/mol. The van der Waals surface area contributed by atoms with Gasteiger partial charge in [-0.25, -0.2) is 0 Å². The van der Waals surface area contributed by atoms with Crippen LogP contribution >= 0.6 is 15.9 Å². The van der Waals surface area contributed by atoms with E-state index in [-0.39, 0.29) is 0 Å². The van der Waals surface area contributed by atoms with Crippen LogP contribution in [-0.2, 0) is 6.54 Å². The Labute approximate surface area is 127 Å². The number of benzene rings is 3. The van der Waals surface area contributed by atoms with E-state index >= 15 is 0 Å². The van der Waals surface area contributed by atoms with Crippen molar-refractivity contribution in [1.82, 2.24) is 0 Å². The lowest BCUT2D eigenvalue weighted by Gasteiger charge is -2.12. The molecule has 0 spiro atoms. The van der Waals surface area contributed by atoms with E-state index < -0.39 is 0 Å². The molecule has 0 atom stereocenters. The molecule has 1 N–H and O–H groups in total. The highest BCUT2D eigenvalue weighted by Gasteiger charge is 2.02. The molecule has 3 aromatic rings. The van der Waals surface area contributed by atoms with Crippen molar-refractivity contribution in [3.05, 3.63) is 76.3 Å². The molecule has 0 aliphatic rings. The Morgan fingerprint density at radius 1 is 0.950 bits per heavy atom.